The molecule has 2 nitrogen and oxygen atoms in total. The van der Waals surface area contributed by atoms with Crippen molar-refractivity contribution in [2.75, 3.05) is 5.75 Å². The summed E-state index contributed by atoms with van der Waals surface area (Å²) in [5.41, 5.74) is 0. The van der Waals surface area contributed by atoms with Gasteiger partial charge in [-0.2, -0.15) is 22.0 Å². The van der Waals surface area contributed by atoms with Crippen LogP contribution in [-0.4, -0.2) is 30.3 Å². The van der Waals surface area contributed by atoms with Gasteiger partial charge in [-0.25, -0.2) is 8.42 Å². The molecular formula is C15H23F5O2S2. The molecule has 9 heteroatoms. The van der Waals surface area contributed by atoms with Crippen molar-refractivity contribution in [3.63, 3.8) is 0 Å². The monoisotopic (exact) mass is 394 g/mol. The molecule has 0 aromatic carbocycles. The highest BCUT2D eigenvalue weighted by atomic mass is 32.3. The third kappa shape index (κ3) is 5.34. The molecule has 1 heterocycles. The molecule has 0 aliphatic carbocycles. The maximum absolute atomic E-state index is 13.1. The van der Waals surface area contributed by atoms with Crippen LogP contribution in [0.5, 0.6) is 0 Å². The van der Waals surface area contributed by atoms with Gasteiger partial charge in [0.15, 0.2) is 9.84 Å². The molecule has 24 heavy (non-hydrogen) atoms. The third-order valence-electron chi connectivity index (χ3n) is 4.27. The zero-order valence-electron chi connectivity index (χ0n) is 13.4. The van der Waals surface area contributed by atoms with Gasteiger partial charge < -0.3 is 0 Å². The largest absolute Gasteiger partial charge is 0.453 e. The summed E-state index contributed by atoms with van der Waals surface area (Å²) >= 11 is 1.16. The first-order chi connectivity index (χ1) is 11.0. The van der Waals surface area contributed by atoms with Crippen molar-refractivity contribution in [3.05, 3.63) is 12.0 Å². The fourth-order valence-corrected chi connectivity index (χ4v) is 6.36. The normalized spacial score (nSPS) is 24.7. The molecule has 142 valence electrons. The van der Waals surface area contributed by atoms with Gasteiger partial charge in [-0.05, 0) is 31.4 Å². The summed E-state index contributed by atoms with van der Waals surface area (Å²) in [6.07, 6.45) is -3.32. The average molecular weight is 394 g/mol. The molecule has 0 saturated carbocycles. The van der Waals surface area contributed by atoms with Gasteiger partial charge in [-0.3, -0.25) is 0 Å². The molecule has 1 rings (SSSR count). The molecule has 0 radical (unpaired) electrons. The molecule has 1 unspecified atom stereocenters. The predicted octanol–water partition coefficient (Wildman–Crippen LogP) is 5.70. The standard InChI is InChI=1S/C15H23F5O2S2/c1-2-24(21,22)13(9-6-4-3-5-7-12-23-13)10-8-11-14(16,17)15(18,19)20/h2H,1,3-12H2. The van der Waals surface area contributed by atoms with Crippen molar-refractivity contribution in [1.29, 1.82) is 0 Å². The Morgan fingerprint density at radius 3 is 2.21 bits per heavy atom. The topological polar surface area (TPSA) is 34.1 Å². The molecule has 1 aliphatic heterocycles. The average Bonchev–Trinajstić information content (AvgIpc) is 2.59. The first-order valence-electron chi connectivity index (χ1n) is 7.93. The number of sulfone groups is 1. The van der Waals surface area contributed by atoms with E-state index in [0.717, 1.165) is 42.9 Å². The number of alkyl halides is 5. The van der Waals surface area contributed by atoms with Crippen LogP contribution >= 0.6 is 11.8 Å². The first-order valence-corrected chi connectivity index (χ1v) is 10.5. The van der Waals surface area contributed by atoms with Crippen LogP contribution in [0.1, 0.15) is 57.8 Å². The lowest BCUT2D eigenvalue weighted by Gasteiger charge is -2.32. The van der Waals surface area contributed by atoms with Gasteiger partial charge in [0.1, 0.15) is 4.08 Å². The Labute approximate surface area is 144 Å². The first kappa shape index (κ1) is 21.7. The molecule has 0 aromatic rings. The van der Waals surface area contributed by atoms with Crippen LogP contribution < -0.4 is 0 Å². The van der Waals surface area contributed by atoms with Crippen LogP contribution in [0.3, 0.4) is 0 Å². The van der Waals surface area contributed by atoms with Crippen molar-refractivity contribution >= 4 is 21.6 Å². The summed E-state index contributed by atoms with van der Waals surface area (Å²) in [5, 5.41) is 0.805. The van der Waals surface area contributed by atoms with Gasteiger partial charge in [-0.15, -0.1) is 11.8 Å². The molecule has 0 spiro atoms. The van der Waals surface area contributed by atoms with E-state index in [2.05, 4.69) is 6.58 Å². The summed E-state index contributed by atoms with van der Waals surface area (Å²) in [7, 11) is -3.79. The molecule has 0 aromatic heterocycles. The highest BCUT2D eigenvalue weighted by Gasteiger charge is 2.57. The van der Waals surface area contributed by atoms with Crippen LogP contribution in [-0.2, 0) is 9.84 Å². The lowest BCUT2D eigenvalue weighted by molar-refractivity contribution is -0.284. The van der Waals surface area contributed by atoms with E-state index in [4.69, 9.17) is 0 Å². The fraction of sp³-hybridized carbons (Fsp3) is 0.867. The second-order valence-electron chi connectivity index (χ2n) is 6.04. The molecule has 1 aliphatic rings. The summed E-state index contributed by atoms with van der Waals surface area (Å²) in [6.45, 7) is 3.30. The zero-order chi connectivity index (χ0) is 18.5. The van der Waals surface area contributed by atoms with Crippen molar-refractivity contribution in [1.82, 2.24) is 0 Å². The fourth-order valence-electron chi connectivity index (χ4n) is 2.79. The minimum absolute atomic E-state index is 0.225. The Morgan fingerprint density at radius 1 is 1.04 bits per heavy atom. The number of thioether (sulfide) groups is 1. The Morgan fingerprint density at radius 2 is 1.62 bits per heavy atom. The quantitative estimate of drug-likeness (QED) is 0.542. The Bertz CT molecular complexity index is 504. The minimum Gasteiger partial charge on any atom is -0.223 e. The van der Waals surface area contributed by atoms with Gasteiger partial charge in [0.2, 0.25) is 0 Å². The Kier molecular flexibility index (Phi) is 7.59. The van der Waals surface area contributed by atoms with Gasteiger partial charge in [0.25, 0.3) is 0 Å². The molecule has 0 amide bonds. The van der Waals surface area contributed by atoms with E-state index in [1.807, 2.05) is 0 Å². The van der Waals surface area contributed by atoms with Gasteiger partial charge >= 0.3 is 12.1 Å². The minimum atomic E-state index is -5.61. The SMILES string of the molecule is C=CS(=O)(=O)C1(CCCC(F)(F)C(F)(F)F)CCCCCCCS1. The maximum Gasteiger partial charge on any atom is 0.453 e. The van der Waals surface area contributed by atoms with Crippen LogP contribution in [0.4, 0.5) is 22.0 Å². The molecule has 1 fully saturated rings. The number of halogens is 5. The van der Waals surface area contributed by atoms with Crippen molar-refractivity contribution < 1.29 is 30.4 Å². The van der Waals surface area contributed by atoms with E-state index in [0.29, 0.717) is 12.2 Å². The Hall–Kier alpha value is -0.310. The lowest BCUT2D eigenvalue weighted by Crippen LogP contribution is -2.38. The molecular weight excluding hydrogens is 371 g/mol. The van der Waals surface area contributed by atoms with Gasteiger partial charge in [0.05, 0.1) is 0 Å². The smallest absolute Gasteiger partial charge is 0.223 e. The number of rotatable bonds is 6. The van der Waals surface area contributed by atoms with Crippen LogP contribution in [0.2, 0.25) is 0 Å². The van der Waals surface area contributed by atoms with Gasteiger partial charge in [-0.1, -0.05) is 32.3 Å². The maximum atomic E-state index is 13.1. The van der Waals surface area contributed by atoms with Crippen molar-refractivity contribution in [3.8, 4) is 0 Å². The van der Waals surface area contributed by atoms with E-state index in [9.17, 15) is 30.4 Å². The molecule has 0 N–H and O–H groups in total. The van der Waals surface area contributed by atoms with E-state index in [1.54, 1.807) is 0 Å². The van der Waals surface area contributed by atoms with E-state index < -0.39 is 38.9 Å². The van der Waals surface area contributed by atoms with Crippen LogP contribution in [0, 0.1) is 0 Å². The molecule has 1 atom stereocenters. The highest BCUT2D eigenvalue weighted by Crippen LogP contribution is 2.45. The van der Waals surface area contributed by atoms with Crippen molar-refractivity contribution in [2.24, 2.45) is 0 Å². The molecule has 0 bridgehead atoms. The van der Waals surface area contributed by atoms with E-state index in [-0.39, 0.29) is 12.8 Å². The van der Waals surface area contributed by atoms with Crippen LogP contribution in [0.15, 0.2) is 12.0 Å². The second-order valence-corrected chi connectivity index (χ2v) is 9.99. The van der Waals surface area contributed by atoms with E-state index in [1.165, 1.54) is 0 Å². The van der Waals surface area contributed by atoms with Crippen molar-refractivity contribution in [2.45, 2.75) is 74.0 Å². The van der Waals surface area contributed by atoms with E-state index >= 15 is 0 Å². The molecule has 1 saturated heterocycles. The summed E-state index contributed by atoms with van der Waals surface area (Å²) in [6, 6.07) is 0. The van der Waals surface area contributed by atoms with Gasteiger partial charge in [0, 0.05) is 11.8 Å². The number of hydrogen-bond donors (Lipinski definition) is 0. The lowest BCUT2D eigenvalue weighted by atomic mass is 10.0. The second kappa shape index (κ2) is 8.38. The summed E-state index contributed by atoms with van der Waals surface area (Å²) < 4.78 is 86.6. The number of hydrogen-bond acceptors (Lipinski definition) is 3. The highest BCUT2D eigenvalue weighted by molar-refractivity contribution is 8.15. The zero-order valence-corrected chi connectivity index (χ0v) is 15.0. The summed E-state index contributed by atoms with van der Waals surface area (Å²) in [5.74, 6) is -4.25. The summed E-state index contributed by atoms with van der Waals surface area (Å²) in [4.78, 5) is 0. The predicted molar refractivity (Wildman–Crippen MR) is 86.9 cm³/mol. The third-order valence-corrected chi connectivity index (χ3v) is 8.63. The Balaban J connectivity index is 2.92. The van der Waals surface area contributed by atoms with Crippen LogP contribution in [0.25, 0.3) is 0 Å².